The second-order valence-corrected chi connectivity index (χ2v) is 6.32. The van der Waals surface area contributed by atoms with E-state index >= 15 is 0 Å². The number of halogens is 3. The van der Waals surface area contributed by atoms with Crippen molar-refractivity contribution in [2.24, 2.45) is 0 Å². The van der Waals surface area contributed by atoms with Crippen LogP contribution in [-0.4, -0.2) is 34.2 Å². The number of hydrogen-bond donors (Lipinski definition) is 3. The zero-order chi connectivity index (χ0) is 21.4. The molecule has 0 spiro atoms. The summed E-state index contributed by atoms with van der Waals surface area (Å²) in [6.07, 6.45) is -1.24. The van der Waals surface area contributed by atoms with Gasteiger partial charge in [-0.3, -0.25) is 9.78 Å². The Kier molecular flexibility index (Phi) is 6.79. The average Bonchev–Trinajstić information content (AvgIpc) is 2.73. The molecule has 3 rings (SSSR count). The summed E-state index contributed by atoms with van der Waals surface area (Å²) in [5.74, 6) is 0.739. The van der Waals surface area contributed by atoms with E-state index in [4.69, 9.17) is 0 Å². The van der Waals surface area contributed by atoms with Crippen molar-refractivity contribution < 1.29 is 18.0 Å². The van der Waals surface area contributed by atoms with Gasteiger partial charge in [-0.05, 0) is 35.9 Å². The standard InChI is InChI=1S/C20H19F3N6O/c21-20(22,23)15-3-1-2-14(12-15)13-19(30)26-11-10-25-17-4-5-18(29-28-17)27-16-6-8-24-9-7-16/h1-9,12H,10-11,13H2,(H,25,28)(H,26,30)(H,24,27,29). The van der Waals surface area contributed by atoms with E-state index in [9.17, 15) is 18.0 Å². The first-order valence-electron chi connectivity index (χ1n) is 9.07. The molecular weight excluding hydrogens is 397 g/mol. The first-order chi connectivity index (χ1) is 14.4. The van der Waals surface area contributed by atoms with Crippen LogP contribution >= 0.6 is 0 Å². The van der Waals surface area contributed by atoms with Gasteiger partial charge >= 0.3 is 6.18 Å². The van der Waals surface area contributed by atoms with Crippen LogP contribution < -0.4 is 16.0 Å². The van der Waals surface area contributed by atoms with Gasteiger partial charge in [0.25, 0.3) is 0 Å². The number of nitrogens with zero attached hydrogens (tertiary/aromatic N) is 3. The lowest BCUT2D eigenvalue weighted by atomic mass is 10.1. The normalized spacial score (nSPS) is 11.0. The number of carbonyl (C=O) groups is 1. The van der Waals surface area contributed by atoms with Gasteiger partial charge in [0.15, 0.2) is 5.82 Å². The lowest BCUT2D eigenvalue weighted by molar-refractivity contribution is -0.137. The molecule has 0 aliphatic rings. The highest BCUT2D eigenvalue weighted by atomic mass is 19.4. The Balaban J connectivity index is 1.40. The summed E-state index contributed by atoms with van der Waals surface area (Å²) in [6.45, 7) is 0.677. The quantitative estimate of drug-likeness (QED) is 0.488. The number of rotatable bonds is 8. The number of pyridine rings is 1. The number of nitrogens with one attached hydrogen (secondary N) is 3. The molecule has 0 fully saturated rings. The minimum absolute atomic E-state index is 0.126. The van der Waals surface area contributed by atoms with Crippen molar-refractivity contribution >= 4 is 23.2 Å². The summed E-state index contributed by atoms with van der Waals surface area (Å²) < 4.78 is 38.2. The van der Waals surface area contributed by atoms with E-state index in [1.54, 1.807) is 36.7 Å². The third-order valence-corrected chi connectivity index (χ3v) is 3.99. The van der Waals surface area contributed by atoms with Gasteiger partial charge in [0.1, 0.15) is 5.82 Å². The maximum Gasteiger partial charge on any atom is 0.416 e. The largest absolute Gasteiger partial charge is 0.416 e. The Morgan fingerprint density at radius 2 is 1.67 bits per heavy atom. The SMILES string of the molecule is O=C(Cc1cccc(C(F)(F)F)c1)NCCNc1ccc(Nc2ccncc2)nn1. The third-order valence-electron chi connectivity index (χ3n) is 3.99. The van der Waals surface area contributed by atoms with Crippen molar-refractivity contribution in [1.29, 1.82) is 0 Å². The molecule has 156 valence electrons. The highest BCUT2D eigenvalue weighted by Gasteiger charge is 2.30. The predicted molar refractivity (Wildman–Crippen MR) is 106 cm³/mol. The van der Waals surface area contributed by atoms with Crippen LogP contribution in [0.15, 0.2) is 60.9 Å². The van der Waals surface area contributed by atoms with Gasteiger partial charge in [-0.15, -0.1) is 10.2 Å². The van der Waals surface area contributed by atoms with Gasteiger partial charge in [0.05, 0.1) is 12.0 Å². The average molecular weight is 416 g/mol. The fourth-order valence-corrected chi connectivity index (χ4v) is 2.57. The molecule has 0 aliphatic heterocycles. The molecule has 0 aliphatic carbocycles. The monoisotopic (exact) mass is 416 g/mol. The lowest BCUT2D eigenvalue weighted by Gasteiger charge is -2.10. The molecule has 0 saturated heterocycles. The van der Waals surface area contributed by atoms with E-state index in [1.807, 2.05) is 0 Å². The summed E-state index contributed by atoms with van der Waals surface area (Å²) in [5, 5.41) is 16.8. The van der Waals surface area contributed by atoms with Crippen LogP contribution in [-0.2, 0) is 17.4 Å². The van der Waals surface area contributed by atoms with Crippen LogP contribution in [0.2, 0.25) is 0 Å². The first-order valence-corrected chi connectivity index (χ1v) is 9.07. The molecule has 0 atom stereocenters. The van der Waals surface area contributed by atoms with Crippen molar-refractivity contribution in [3.05, 3.63) is 72.1 Å². The zero-order valence-corrected chi connectivity index (χ0v) is 15.8. The molecule has 3 aromatic rings. The summed E-state index contributed by atoms with van der Waals surface area (Å²) in [4.78, 5) is 15.9. The number of benzene rings is 1. The van der Waals surface area contributed by atoms with Crippen molar-refractivity contribution in [3.63, 3.8) is 0 Å². The number of carbonyl (C=O) groups excluding carboxylic acids is 1. The Morgan fingerprint density at radius 1 is 0.933 bits per heavy atom. The van der Waals surface area contributed by atoms with Crippen LogP contribution in [0.1, 0.15) is 11.1 Å². The third kappa shape index (κ3) is 6.43. The van der Waals surface area contributed by atoms with Crippen LogP contribution in [0.3, 0.4) is 0 Å². The van der Waals surface area contributed by atoms with Crippen LogP contribution in [0.5, 0.6) is 0 Å². The van der Waals surface area contributed by atoms with Gasteiger partial charge < -0.3 is 16.0 Å². The maximum absolute atomic E-state index is 12.7. The predicted octanol–water partition coefficient (Wildman–Crippen LogP) is 3.40. The van der Waals surface area contributed by atoms with Gasteiger partial charge in [-0.2, -0.15) is 13.2 Å². The maximum atomic E-state index is 12.7. The van der Waals surface area contributed by atoms with Crippen molar-refractivity contribution in [2.45, 2.75) is 12.6 Å². The van der Waals surface area contributed by atoms with Crippen molar-refractivity contribution in [2.75, 3.05) is 23.7 Å². The highest BCUT2D eigenvalue weighted by Crippen LogP contribution is 2.29. The molecule has 2 heterocycles. The summed E-state index contributed by atoms with van der Waals surface area (Å²) >= 11 is 0. The number of anilines is 3. The summed E-state index contributed by atoms with van der Waals surface area (Å²) in [5.41, 5.74) is 0.372. The summed E-state index contributed by atoms with van der Waals surface area (Å²) in [7, 11) is 0. The Labute approximate surface area is 170 Å². The van der Waals surface area contributed by atoms with Gasteiger partial charge in [-0.1, -0.05) is 18.2 Å². The number of hydrogen-bond acceptors (Lipinski definition) is 6. The number of aromatic nitrogens is 3. The van der Waals surface area contributed by atoms with E-state index < -0.39 is 11.7 Å². The van der Waals surface area contributed by atoms with E-state index in [2.05, 4.69) is 31.1 Å². The first kappa shape index (κ1) is 21.0. The van der Waals surface area contributed by atoms with Crippen molar-refractivity contribution in [3.8, 4) is 0 Å². The Hall–Kier alpha value is -3.69. The minimum atomic E-state index is -4.43. The fourth-order valence-electron chi connectivity index (χ4n) is 2.57. The van der Waals surface area contributed by atoms with Crippen molar-refractivity contribution in [1.82, 2.24) is 20.5 Å². The molecule has 1 aromatic carbocycles. The van der Waals surface area contributed by atoms with E-state index in [0.717, 1.165) is 17.8 Å². The summed E-state index contributed by atoms with van der Waals surface area (Å²) in [6, 6.07) is 11.8. The van der Waals surface area contributed by atoms with E-state index in [0.29, 0.717) is 23.7 Å². The van der Waals surface area contributed by atoms with Gasteiger partial charge in [0.2, 0.25) is 5.91 Å². The fraction of sp³-hybridized carbons (Fsp3) is 0.200. The molecule has 0 radical (unpaired) electrons. The van der Waals surface area contributed by atoms with Gasteiger partial charge in [0, 0.05) is 31.2 Å². The zero-order valence-electron chi connectivity index (χ0n) is 15.8. The molecule has 30 heavy (non-hydrogen) atoms. The van der Waals surface area contributed by atoms with Crippen LogP contribution in [0, 0.1) is 0 Å². The molecule has 7 nitrogen and oxygen atoms in total. The minimum Gasteiger partial charge on any atom is -0.367 e. The van der Waals surface area contributed by atoms with E-state index in [1.165, 1.54) is 12.1 Å². The smallest absolute Gasteiger partial charge is 0.367 e. The molecule has 0 unspecified atom stereocenters. The van der Waals surface area contributed by atoms with Crippen LogP contribution in [0.4, 0.5) is 30.5 Å². The Bertz CT molecular complexity index is 964. The lowest BCUT2D eigenvalue weighted by Crippen LogP contribution is -2.30. The Morgan fingerprint density at radius 3 is 2.37 bits per heavy atom. The second kappa shape index (κ2) is 9.68. The molecule has 2 aromatic heterocycles. The molecule has 0 bridgehead atoms. The molecular formula is C20H19F3N6O. The second-order valence-electron chi connectivity index (χ2n) is 6.32. The molecule has 0 saturated carbocycles. The van der Waals surface area contributed by atoms with E-state index in [-0.39, 0.29) is 18.9 Å². The number of amides is 1. The molecule has 10 heteroatoms. The molecule has 3 N–H and O–H groups in total. The topological polar surface area (TPSA) is 91.8 Å². The molecule has 1 amide bonds. The highest BCUT2D eigenvalue weighted by molar-refractivity contribution is 5.78. The number of alkyl halides is 3. The van der Waals surface area contributed by atoms with Crippen LogP contribution in [0.25, 0.3) is 0 Å². The van der Waals surface area contributed by atoms with Gasteiger partial charge in [-0.25, -0.2) is 0 Å².